The Labute approximate surface area is 217 Å². The maximum absolute atomic E-state index is 15.3. The quantitative estimate of drug-likeness (QED) is 0.155. The second-order valence-electron chi connectivity index (χ2n) is 9.07. The van der Waals surface area contributed by atoms with Crippen LogP contribution >= 0.6 is 0 Å². The van der Waals surface area contributed by atoms with Gasteiger partial charge in [0.25, 0.3) is 0 Å². The molecule has 0 atom stereocenters. The van der Waals surface area contributed by atoms with Crippen LogP contribution in [0.15, 0.2) is 78.9 Å². The molecule has 0 amide bonds. The second kappa shape index (κ2) is 11.8. The molecule has 0 aliphatic rings. The van der Waals surface area contributed by atoms with Gasteiger partial charge in [-0.05, 0) is 84.0 Å². The van der Waals surface area contributed by atoms with Gasteiger partial charge in [0, 0.05) is 5.39 Å². The van der Waals surface area contributed by atoms with E-state index in [0.29, 0.717) is 10.9 Å². The smallest absolute Gasteiger partial charge is 0.422 e. The van der Waals surface area contributed by atoms with Gasteiger partial charge in [-0.1, -0.05) is 60.7 Å². The lowest BCUT2D eigenvalue weighted by Crippen LogP contribution is -2.20. The van der Waals surface area contributed by atoms with Crippen LogP contribution in [0.4, 0.5) is 26.3 Å². The molecule has 4 aromatic rings. The van der Waals surface area contributed by atoms with Crippen LogP contribution in [0.5, 0.6) is 5.75 Å². The van der Waals surface area contributed by atoms with E-state index in [4.69, 9.17) is 0 Å². The zero-order chi connectivity index (χ0) is 27.3. The number of ether oxygens (including phenoxy) is 1. The molecule has 0 saturated heterocycles. The molecule has 7 heteroatoms. The fraction of sp³-hybridized carbons (Fsp3) is 0.226. The molecule has 0 heterocycles. The van der Waals surface area contributed by atoms with Crippen LogP contribution in [0.1, 0.15) is 30.0 Å². The van der Waals surface area contributed by atoms with E-state index in [1.54, 1.807) is 18.2 Å². The highest BCUT2D eigenvalue weighted by molar-refractivity contribution is 5.88. The summed E-state index contributed by atoms with van der Waals surface area (Å²) >= 11 is 0. The fourth-order valence-electron chi connectivity index (χ4n) is 4.32. The zero-order valence-electron chi connectivity index (χ0n) is 20.7. The summed E-state index contributed by atoms with van der Waals surface area (Å²) in [5.74, 6) is -3.97. The molecular weight excluding hydrogens is 502 g/mol. The summed E-state index contributed by atoms with van der Waals surface area (Å²) in [6.45, 7) is 0.200. The molecule has 1 nitrogen and oxygen atoms in total. The molecule has 0 N–H and O–H groups in total. The molecule has 4 aromatic carbocycles. The lowest BCUT2D eigenvalue weighted by Gasteiger charge is -2.12. The highest BCUT2D eigenvalue weighted by Gasteiger charge is 2.30. The molecule has 198 valence electrons. The third-order valence-electron chi connectivity index (χ3n) is 6.28. The Morgan fingerprint density at radius 1 is 0.737 bits per heavy atom. The maximum atomic E-state index is 15.3. The topological polar surface area (TPSA) is 9.23 Å². The number of hydrogen-bond donors (Lipinski definition) is 0. The van der Waals surface area contributed by atoms with Crippen molar-refractivity contribution in [1.29, 1.82) is 0 Å². The first kappa shape index (κ1) is 27.3. The number of halogens is 6. The first-order chi connectivity index (χ1) is 18.1. The summed E-state index contributed by atoms with van der Waals surface area (Å²) < 4.78 is 84.7. The highest BCUT2D eigenvalue weighted by Crippen LogP contribution is 2.30. The van der Waals surface area contributed by atoms with Gasteiger partial charge in [0.2, 0.25) is 0 Å². The number of allylic oxidation sites excluding steroid dienone is 2. The molecule has 0 aromatic heterocycles. The zero-order valence-corrected chi connectivity index (χ0v) is 20.7. The Balaban J connectivity index is 1.47. The lowest BCUT2D eigenvalue weighted by atomic mass is 9.96. The van der Waals surface area contributed by atoms with Gasteiger partial charge in [-0.3, -0.25) is 0 Å². The van der Waals surface area contributed by atoms with E-state index in [2.05, 4.69) is 35.1 Å². The Morgan fingerprint density at radius 2 is 1.42 bits per heavy atom. The van der Waals surface area contributed by atoms with Gasteiger partial charge in [-0.15, -0.1) is 0 Å². The van der Waals surface area contributed by atoms with Crippen LogP contribution in [-0.4, -0.2) is 12.8 Å². The summed E-state index contributed by atoms with van der Waals surface area (Å²) in [5, 5.41) is 1.16. The fourth-order valence-corrected chi connectivity index (χ4v) is 4.32. The van der Waals surface area contributed by atoms with Gasteiger partial charge >= 0.3 is 6.18 Å². The monoisotopic (exact) mass is 528 g/mol. The molecule has 0 bridgehead atoms. The van der Waals surface area contributed by atoms with Crippen LogP contribution in [0.2, 0.25) is 0 Å². The first-order valence-electron chi connectivity index (χ1n) is 12.2. The van der Waals surface area contributed by atoms with E-state index in [-0.39, 0.29) is 18.4 Å². The Hall–Kier alpha value is -3.74. The van der Waals surface area contributed by atoms with Crippen molar-refractivity contribution in [3.63, 3.8) is 0 Å². The van der Waals surface area contributed by atoms with Crippen LogP contribution in [-0.2, 0) is 19.3 Å². The molecule has 0 fully saturated rings. The molecule has 38 heavy (non-hydrogen) atoms. The Bertz CT molecular complexity index is 1410. The minimum Gasteiger partial charge on any atom is -0.478 e. The van der Waals surface area contributed by atoms with Crippen molar-refractivity contribution in [2.75, 3.05) is 6.61 Å². The first-order valence-corrected chi connectivity index (χ1v) is 12.2. The molecular formula is C31H26F6O. The van der Waals surface area contributed by atoms with Crippen LogP contribution in [0.25, 0.3) is 21.9 Å². The Kier molecular flexibility index (Phi) is 8.45. The van der Waals surface area contributed by atoms with Gasteiger partial charge in [-0.25, -0.2) is 13.2 Å². The molecule has 0 aliphatic heterocycles. The number of alkyl halides is 3. The summed E-state index contributed by atoms with van der Waals surface area (Å²) in [6.07, 6.45) is 1.64. The minimum atomic E-state index is -4.72. The van der Waals surface area contributed by atoms with Crippen LogP contribution in [0, 0.1) is 17.5 Å². The van der Waals surface area contributed by atoms with E-state index >= 15 is 4.39 Å². The van der Waals surface area contributed by atoms with Crippen molar-refractivity contribution in [1.82, 2.24) is 0 Å². The average Bonchev–Trinajstić information content (AvgIpc) is 2.87. The summed E-state index contributed by atoms with van der Waals surface area (Å²) in [7, 11) is 0. The predicted octanol–water partition coefficient (Wildman–Crippen LogP) is 9.16. The van der Waals surface area contributed by atoms with Gasteiger partial charge in [0.1, 0.15) is 5.82 Å². The Morgan fingerprint density at radius 3 is 2.08 bits per heavy atom. The normalized spacial score (nSPS) is 12.0. The van der Waals surface area contributed by atoms with Gasteiger partial charge < -0.3 is 4.74 Å². The van der Waals surface area contributed by atoms with Crippen molar-refractivity contribution < 1.29 is 31.1 Å². The van der Waals surface area contributed by atoms with E-state index in [1.807, 2.05) is 25.1 Å². The van der Waals surface area contributed by atoms with Gasteiger partial charge in [0.15, 0.2) is 24.0 Å². The predicted molar refractivity (Wildman–Crippen MR) is 138 cm³/mol. The maximum Gasteiger partial charge on any atom is 0.422 e. The standard InChI is InChI=1S/C31H26F6O/c1-2-3-4-5-20-6-9-22(10-7-20)24-14-15-26-25(18-24)13-12-23(29(26)34)11-8-21-16-27(32)30(28(33)17-21)38-19-31(35,36)37/h2-3,6-7,9-10,12-18H,4-5,8,11,19H2,1H3/b3-2+. The molecule has 0 unspecified atom stereocenters. The SMILES string of the molecule is C/C=C/CCc1ccc(-c2ccc3c(F)c(CCc4cc(F)c(OCC(F)(F)F)c(F)c4)ccc3c2)cc1. The molecule has 0 saturated carbocycles. The third-order valence-corrected chi connectivity index (χ3v) is 6.28. The van der Waals surface area contributed by atoms with Gasteiger partial charge in [0.05, 0.1) is 0 Å². The molecule has 0 aliphatic carbocycles. The van der Waals surface area contributed by atoms with E-state index in [9.17, 15) is 22.0 Å². The summed E-state index contributed by atoms with van der Waals surface area (Å²) in [6, 6.07) is 19.0. The molecule has 0 radical (unpaired) electrons. The summed E-state index contributed by atoms with van der Waals surface area (Å²) in [5.41, 5.74) is 3.78. The van der Waals surface area contributed by atoms with Crippen molar-refractivity contribution in [2.24, 2.45) is 0 Å². The lowest BCUT2D eigenvalue weighted by molar-refractivity contribution is -0.154. The second-order valence-corrected chi connectivity index (χ2v) is 9.07. The number of aryl methyl sites for hydroxylation is 3. The van der Waals surface area contributed by atoms with Crippen LogP contribution in [0.3, 0.4) is 0 Å². The third kappa shape index (κ3) is 6.77. The largest absolute Gasteiger partial charge is 0.478 e. The highest BCUT2D eigenvalue weighted by atomic mass is 19.4. The van der Waals surface area contributed by atoms with E-state index < -0.39 is 36.0 Å². The number of benzene rings is 4. The van der Waals surface area contributed by atoms with E-state index in [1.165, 1.54) is 5.56 Å². The minimum absolute atomic E-state index is 0.0916. The van der Waals surface area contributed by atoms with Gasteiger partial charge in [-0.2, -0.15) is 13.2 Å². The summed E-state index contributed by atoms with van der Waals surface area (Å²) in [4.78, 5) is 0. The van der Waals surface area contributed by atoms with Crippen LogP contribution < -0.4 is 4.74 Å². The van der Waals surface area contributed by atoms with Crippen molar-refractivity contribution in [3.8, 4) is 16.9 Å². The van der Waals surface area contributed by atoms with Crippen molar-refractivity contribution in [3.05, 3.63) is 113 Å². The molecule has 0 spiro atoms. The molecule has 4 rings (SSSR count). The number of rotatable bonds is 9. The van der Waals surface area contributed by atoms with Crippen molar-refractivity contribution >= 4 is 10.8 Å². The number of fused-ring (bicyclic) bond motifs is 1. The average molecular weight is 529 g/mol. The number of hydrogen-bond acceptors (Lipinski definition) is 1. The van der Waals surface area contributed by atoms with E-state index in [0.717, 1.165) is 41.5 Å². The van der Waals surface area contributed by atoms with Crippen molar-refractivity contribution in [2.45, 2.75) is 38.8 Å².